The lowest BCUT2D eigenvalue weighted by molar-refractivity contribution is -0.114. The van der Waals surface area contributed by atoms with Gasteiger partial charge in [-0.3, -0.25) is 9.59 Å². The standard InChI is InChI=1S/C33H40N4O3/c1-16(2)34-24-14-26-22(32(6,7)17(3)36(26)10)12-20(24)28-30(39)29(31(28)40)21-13-23-27(15-25(21)35-19(5)38)37(11)18(4)33(23,8)9/h12-15,17-18H,1H2,2-11H3,(H2,34,35,38,39,40)/p+1. The zero-order valence-corrected chi connectivity index (χ0v) is 25.3. The van der Waals surface area contributed by atoms with Crippen LogP contribution in [0.1, 0.15) is 72.1 Å². The van der Waals surface area contributed by atoms with Gasteiger partial charge in [-0.2, -0.15) is 0 Å². The molecule has 210 valence electrons. The number of carbonyl (C=O) groups is 2. The van der Waals surface area contributed by atoms with Crippen LogP contribution in [-0.2, 0) is 20.4 Å². The zero-order chi connectivity index (χ0) is 29.6. The van der Waals surface area contributed by atoms with Gasteiger partial charge in [0.2, 0.25) is 17.0 Å². The van der Waals surface area contributed by atoms with Crippen LogP contribution in [0, 0.1) is 0 Å². The van der Waals surface area contributed by atoms with Gasteiger partial charge in [-0.05, 0) is 58.4 Å². The van der Waals surface area contributed by atoms with E-state index in [1.165, 1.54) is 6.92 Å². The Labute approximate surface area is 236 Å². The number of hydrogen-bond donors (Lipinski definition) is 3. The molecule has 3 N–H and O–H groups in total. The number of aliphatic hydroxyl groups is 1. The van der Waals surface area contributed by atoms with E-state index < -0.39 is 0 Å². The van der Waals surface area contributed by atoms with Gasteiger partial charge in [-0.25, -0.2) is 4.58 Å². The van der Waals surface area contributed by atoms with Crippen molar-refractivity contribution in [3.63, 3.8) is 0 Å². The highest BCUT2D eigenvalue weighted by Crippen LogP contribution is 2.49. The van der Waals surface area contributed by atoms with Gasteiger partial charge in [0.05, 0.1) is 22.2 Å². The van der Waals surface area contributed by atoms with Crippen molar-refractivity contribution in [3.05, 3.63) is 69.6 Å². The van der Waals surface area contributed by atoms with E-state index in [9.17, 15) is 14.7 Å². The van der Waals surface area contributed by atoms with E-state index in [4.69, 9.17) is 0 Å². The maximum Gasteiger partial charge on any atom is 0.221 e. The van der Waals surface area contributed by atoms with Crippen LogP contribution in [0.3, 0.4) is 0 Å². The van der Waals surface area contributed by atoms with Crippen LogP contribution in [0.2, 0.25) is 0 Å². The fraction of sp³-hybridized carbons (Fsp3) is 0.424. The van der Waals surface area contributed by atoms with Crippen molar-refractivity contribution < 1.29 is 14.7 Å². The lowest BCUT2D eigenvalue weighted by atomic mass is 9.76. The first-order valence-corrected chi connectivity index (χ1v) is 13.9. The third-order valence-electron chi connectivity index (χ3n) is 9.80. The Balaban J connectivity index is 1.79. The predicted molar refractivity (Wildman–Crippen MR) is 163 cm³/mol. The van der Waals surface area contributed by atoms with Gasteiger partial charge in [0, 0.05) is 64.9 Å². The molecule has 1 aliphatic carbocycles. The second-order valence-electron chi connectivity index (χ2n) is 12.9. The first-order valence-electron chi connectivity index (χ1n) is 13.9. The molecule has 0 saturated carbocycles. The number of benzene rings is 2. The fourth-order valence-corrected chi connectivity index (χ4v) is 6.57. The monoisotopic (exact) mass is 541 g/mol. The number of fused-ring (bicyclic) bond motifs is 2. The number of ketones is 1. The highest BCUT2D eigenvalue weighted by molar-refractivity contribution is 6.52. The number of rotatable bonds is 4. The SMILES string of the molecule is C=C(C)Nc1cc2c(cc1C1=C(O)C(=c3cc4c(cc3NC(C)=O)=[N+](C)C(C)C4(C)C)C1=O)C(C)(C)C(C)N2C. The van der Waals surface area contributed by atoms with Gasteiger partial charge in [0.15, 0.2) is 6.04 Å². The van der Waals surface area contributed by atoms with Crippen molar-refractivity contribution in [2.45, 2.75) is 78.3 Å². The van der Waals surface area contributed by atoms with Crippen LogP contribution in [0.5, 0.6) is 0 Å². The summed E-state index contributed by atoms with van der Waals surface area (Å²) in [4.78, 5) is 28.4. The molecular weight excluding hydrogens is 500 g/mol. The minimum absolute atomic E-state index is 0.0596. The number of likely N-dealkylation sites (N-methyl/N-ethyl adjacent to an activating group) is 2. The number of carbonyl (C=O) groups excluding carboxylic acids is 2. The van der Waals surface area contributed by atoms with Crippen molar-refractivity contribution in [2.24, 2.45) is 0 Å². The van der Waals surface area contributed by atoms with E-state index in [1.807, 2.05) is 38.2 Å². The maximum atomic E-state index is 14.0. The van der Waals surface area contributed by atoms with Crippen molar-refractivity contribution >= 4 is 39.9 Å². The number of Topliss-reactive ketones (excluding diaryl/α,β-unsaturated/α-hetero) is 1. The number of amides is 1. The molecule has 5 rings (SSSR count). The van der Waals surface area contributed by atoms with Crippen LogP contribution in [0.25, 0.3) is 11.1 Å². The van der Waals surface area contributed by atoms with Crippen LogP contribution in [0.4, 0.5) is 17.1 Å². The van der Waals surface area contributed by atoms with Crippen molar-refractivity contribution in [2.75, 3.05) is 29.6 Å². The van der Waals surface area contributed by atoms with Gasteiger partial charge in [0.25, 0.3) is 0 Å². The maximum absolute atomic E-state index is 14.0. The zero-order valence-electron chi connectivity index (χ0n) is 25.3. The number of allylic oxidation sites excluding steroid dienone is 3. The summed E-state index contributed by atoms with van der Waals surface area (Å²) in [6.07, 6.45) is 0. The molecule has 0 bridgehead atoms. The Morgan fingerprint density at radius 3 is 2.20 bits per heavy atom. The average Bonchev–Trinajstić information content (AvgIpc) is 3.13. The third kappa shape index (κ3) is 3.74. The Kier molecular flexibility index (Phi) is 6.10. The van der Waals surface area contributed by atoms with Crippen LogP contribution < -0.4 is 30.7 Å². The van der Waals surface area contributed by atoms with Crippen molar-refractivity contribution in [1.82, 2.24) is 4.58 Å². The molecule has 40 heavy (non-hydrogen) atoms. The molecule has 0 radical (unpaired) electrons. The molecule has 2 atom stereocenters. The molecule has 3 aliphatic rings. The molecule has 2 aromatic carbocycles. The summed E-state index contributed by atoms with van der Waals surface area (Å²) >= 11 is 0. The molecule has 0 spiro atoms. The summed E-state index contributed by atoms with van der Waals surface area (Å²) in [5, 5.41) is 19.3. The molecule has 0 saturated heterocycles. The van der Waals surface area contributed by atoms with Gasteiger partial charge >= 0.3 is 0 Å². The number of anilines is 3. The van der Waals surface area contributed by atoms with Crippen molar-refractivity contribution in [3.8, 4) is 0 Å². The normalized spacial score (nSPS) is 23.6. The largest absolute Gasteiger partial charge is 0.506 e. The third-order valence-corrected chi connectivity index (χ3v) is 9.80. The molecule has 1 amide bonds. The molecule has 7 heteroatoms. The summed E-state index contributed by atoms with van der Waals surface area (Å²) < 4.78 is 2.19. The molecule has 7 nitrogen and oxygen atoms in total. The van der Waals surface area contributed by atoms with Crippen LogP contribution in [-0.4, -0.2) is 43.0 Å². The molecule has 2 heterocycles. The predicted octanol–water partition coefficient (Wildman–Crippen LogP) is 4.21. The summed E-state index contributed by atoms with van der Waals surface area (Å²) in [7, 11) is 4.12. The van der Waals surface area contributed by atoms with Crippen LogP contribution >= 0.6 is 0 Å². The topological polar surface area (TPSA) is 84.7 Å². The lowest BCUT2D eigenvalue weighted by Crippen LogP contribution is -2.36. The highest BCUT2D eigenvalue weighted by Gasteiger charge is 2.45. The molecular formula is C33H41N4O3+. The molecule has 2 unspecified atom stereocenters. The number of nitrogens with one attached hydrogen (secondary N) is 2. The molecule has 0 fully saturated rings. The van der Waals surface area contributed by atoms with Gasteiger partial charge < -0.3 is 20.6 Å². The van der Waals surface area contributed by atoms with E-state index in [0.29, 0.717) is 16.5 Å². The number of nitrogens with zero attached hydrogens (tertiary/aromatic N) is 2. The smallest absolute Gasteiger partial charge is 0.221 e. The molecule has 2 aromatic rings. The first-order chi connectivity index (χ1) is 18.5. The Bertz CT molecular complexity index is 1690. The highest BCUT2D eigenvalue weighted by atomic mass is 16.3. The number of hydrogen-bond acceptors (Lipinski definition) is 5. The second kappa shape index (κ2) is 8.82. The fourth-order valence-electron chi connectivity index (χ4n) is 6.57. The average molecular weight is 542 g/mol. The Hall–Kier alpha value is -3.87. The van der Waals surface area contributed by atoms with E-state index >= 15 is 0 Å². The van der Waals surface area contributed by atoms with Crippen LogP contribution in [0.15, 0.2) is 42.3 Å². The minimum Gasteiger partial charge on any atom is -0.506 e. The van der Waals surface area contributed by atoms with Gasteiger partial charge in [0.1, 0.15) is 12.8 Å². The van der Waals surface area contributed by atoms with E-state index in [2.05, 4.69) is 75.3 Å². The quantitative estimate of drug-likeness (QED) is 0.505. The van der Waals surface area contributed by atoms with E-state index in [1.54, 1.807) is 0 Å². The molecule has 2 aliphatic heterocycles. The van der Waals surface area contributed by atoms with E-state index in [0.717, 1.165) is 33.6 Å². The summed E-state index contributed by atoms with van der Waals surface area (Å²) in [5.74, 6) is -0.545. The number of aliphatic hydroxyl groups excluding tert-OH is 1. The van der Waals surface area contributed by atoms with Gasteiger partial charge in [-0.1, -0.05) is 20.4 Å². The summed E-state index contributed by atoms with van der Waals surface area (Å²) in [6, 6.07) is 8.46. The van der Waals surface area contributed by atoms with E-state index in [-0.39, 0.29) is 51.5 Å². The first kappa shape index (κ1) is 27.7. The summed E-state index contributed by atoms with van der Waals surface area (Å²) in [6.45, 7) is 20.4. The van der Waals surface area contributed by atoms with Gasteiger partial charge in [-0.15, -0.1) is 0 Å². The lowest BCUT2D eigenvalue weighted by Gasteiger charge is -2.28. The molecule has 0 aromatic heterocycles. The Morgan fingerprint density at radius 1 is 0.975 bits per heavy atom. The second-order valence-corrected chi connectivity index (χ2v) is 12.9. The summed E-state index contributed by atoms with van der Waals surface area (Å²) in [5.41, 5.74) is 6.09. The van der Waals surface area contributed by atoms with Crippen molar-refractivity contribution in [1.29, 1.82) is 0 Å². The Morgan fingerprint density at radius 2 is 1.62 bits per heavy atom. The minimum atomic E-state index is -0.247.